The van der Waals surface area contributed by atoms with Gasteiger partial charge in [-0.3, -0.25) is 4.79 Å². The number of carbonyl (C=O) groups is 1. The number of aromatic hydroxyl groups is 1. The van der Waals surface area contributed by atoms with Gasteiger partial charge in [0.25, 0.3) is 5.91 Å². The van der Waals surface area contributed by atoms with E-state index in [4.69, 9.17) is 9.47 Å². The molecule has 1 aliphatic rings. The van der Waals surface area contributed by atoms with E-state index in [9.17, 15) is 9.90 Å². The molecule has 25 heavy (non-hydrogen) atoms. The van der Waals surface area contributed by atoms with Crippen LogP contribution in [0.25, 0.3) is 6.08 Å². The summed E-state index contributed by atoms with van der Waals surface area (Å²) in [6, 6.07) is 11.9. The van der Waals surface area contributed by atoms with Gasteiger partial charge >= 0.3 is 0 Å². The van der Waals surface area contributed by atoms with Crippen LogP contribution in [0.15, 0.2) is 52.4 Å². The van der Waals surface area contributed by atoms with E-state index in [0.717, 1.165) is 5.56 Å². The zero-order chi connectivity index (χ0) is 17.8. The van der Waals surface area contributed by atoms with Crippen molar-refractivity contribution in [2.75, 3.05) is 14.2 Å². The predicted octanol–water partition coefficient (Wildman–Crippen LogP) is 3.30. The third kappa shape index (κ3) is 3.77. The third-order valence-electron chi connectivity index (χ3n) is 3.45. The molecule has 0 bridgehead atoms. The number of para-hydroxylation sites is 1. The number of amidine groups is 1. The zero-order valence-corrected chi connectivity index (χ0v) is 14.5. The number of hydrogen-bond acceptors (Lipinski definition) is 6. The summed E-state index contributed by atoms with van der Waals surface area (Å²) in [6.07, 6.45) is 1.74. The summed E-state index contributed by atoms with van der Waals surface area (Å²) in [5, 5.41) is 12.5. The molecule has 3 rings (SSSR count). The Morgan fingerprint density at radius 2 is 1.88 bits per heavy atom. The molecule has 0 atom stereocenters. The molecule has 128 valence electrons. The average molecular weight is 356 g/mol. The molecular weight excluding hydrogens is 340 g/mol. The SMILES string of the molecule is COc1cccc(/C=C2\SC(=Nc3ccc(O)cc3)NC2=O)c1OC. The van der Waals surface area contributed by atoms with E-state index in [0.29, 0.717) is 27.3 Å². The smallest absolute Gasteiger partial charge is 0.264 e. The van der Waals surface area contributed by atoms with Crippen molar-refractivity contribution in [2.45, 2.75) is 0 Å². The standard InChI is InChI=1S/C18H16N2O4S/c1-23-14-5-3-4-11(16(14)24-2)10-15-17(22)20-18(25-15)19-12-6-8-13(21)9-7-12/h3-10,21H,1-2H3,(H,19,20,22)/b15-10-. The lowest BCUT2D eigenvalue weighted by Gasteiger charge is -2.10. The number of phenolic OH excluding ortho intramolecular Hbond substituents is 1. The van der Waals surface area contributed by atoms with Crippen LogP contribution in [-0.4, -0.2) is 30.4 Å². The summed E-state index contributed by atoms with van der Waals surface area (Å²) in [6.45, 7) is 0. The van der Waals surface area contributed by atoms with Crippen molar-refractivity contribution >= 4 is 34.6 Å². The maximum Gasteiger partial charge on any atom is 0.264 e. The lowest BCUT2D eigenvalue weighted by Crippen LogP contribution is -2.19. The summed E-state index contributed by atoms with van der Waals surface area (Å²) in [5.41, 5.74) is 1.38. The van der Waals surface area contributed by atoms with E-state index in [1.165, 1.54) is 11.8 Å². The molecule has 7 heteroatoms. The second-order valence-corrected chi connectivity index (χ2v) is 6.11. The van der Waals surface area contributed by atoms with Gasteiger partial charge in [-0.1, -0.05) is 12.1 Å². The first-order chi connectivity index (χ1) is 12.1. The summed E-state index contributed by atoms with van der Waals surface area (Å²) >= 11 is 1.24. The summed E-state index contributed by atoms with van der Waals surface area (Å²) in [7, 11) is 3.12. The number of aliphatic imine (C=N–C) groups is 1. The number of nitrogens with one attached hydrogen (secondary N) is 1. The van der Waals surface area contributed by atoms with Gasteiger partial charge in [-0.05, 0) is 48.2 Å². The second kappa shape index (κ2) is 7.31. The van der Waals surface area contributed by atoms with Crippen LogP contribution in [0.1, 0.15) is 5.56 Å². The molecule has 2 aromatic carbocycles. The fourth-order valence-corrected chi connectivity index (χ4v) is 3.12. The van der Waals surface area contributed by atoms with Crippen molar-refractivity contribution in [3.05, 3.63) is 52.9 Å². The number of hydrogen-bond donors (Lipinski definition) is 2. The summed E-state index contributed by atoms with van der Waals surface area (Å²) in [4.78, 5) is 17.1. The van der Waals surface area contributed by atoms with E-state index in [1.54, 1.807) is 50.6 Å². The fourth-order valence-electron chi connectivity index (χ4n) is 2.29. The first kappa shape index (κ1) is 16.9. The fraction of sp³-hybridized carbons (Fsp3) is 0.111. The Labute approximate surface area is 149 Å². The van der Waals surface area contributed by atoms with Crippen LogP contribution in [0.3, 0.4) is 0 Å². The van der Waals surface area contributed by atoms with Crippen LogP contribution in [-0.2, 0) is 4.79 Å². The highest BCUT2D eigenvalue weighted by atomic mass is 32.2. The monoisotopic (exact) mass is 356 g/mol. The Morgan fingerprint density at radius 1 is 1.12 bits per heavy atom. The molecule has 0 spiro atoms. The van der Waals surface area contributed by atoms with E-state index >= 15 is 0 Å². The van der Waals surface area contributed by atoms with Gasteiger partial charge in [0, 0.05) is 5.56 Å². The molecule has 1 fully saturated rings. The Morgan fingerprint density at radius 3 is 2.56 bits per heavy atom. The molecule has 0 unspecified atom stereocenters. The Hall–Kier alpha value is -2.93. The Bertz CT molecular complexity index is 860. The number of phenols is 1. The predicted molar refractivity (Wildman–Crippen MR) is 98.5 cm³/mol. The number of carbonyl (C=O) groups excluding carboxylic acids is 1. The van der Waals surface area contributed by atoms with Gasteiger partial charge in [0.05, 0.1) is 24.8 Å². The van der Waals surface area contributed by atoms with Crippen LogP contribution < -0.4 is 14.8 Å². The molecular formula is C18H16N2O4S. The molecule has 1 heterocycles. The van der Waals surface area contributed by atoms with Crippen molar-refractivity contribution in [2.24, 2.45) is 4.99 Å². The van der Waals surface area contributed by atoms with Gasteiger partial charge in [-0.2, -0.15) is 0 Å². The molecule has 1 saturated heterocycles. The molecule has 0 radical (unpaired) electrons. The number of thioether (sulfide) groups is 1. The zero-order valence-electron chi connectivity index (χ0n) is 13.6. The van der Waals surface area contributed by atoms with Gasteiger partial charge < -0.3 is 19.9 Å². The minimum absolute atomic E-state index is 0.165. The Kier molecular flexibility index (Phi) is 4.95. The summed E-state index contributed by atoms with van der Waals surface area (Å²) in [5.74, 6) is 1.10. The van der Waals surface area contributed by atoms with E-state index in [-0.39, 0.29) is 11.7 Å². The lowest BCUT2D eigenvalue weighted by atomic mass is 10.1. The van der Waals surface area contributed by atoms with Crippen molar-refractivity contribution in [1.29, 1.82) is 0 Å². The first-order valence-corrected chi connectivity index (χ1v) is 8.22. The van der Waals surface area contributed by atoms with Crippen molar-refractivity contribution in [1.82, 2.24) is 5.32 Å². The number of rotatable bonds is 4. The number of methoxy groups -OCH3 is 2. The van der Waals surface area contributed by atoms with Gasteiger partial charge in [0.1, 0.15) is 5.75 Å². The normalized spacial score (nSPS) is 17.0. The van der Waals surface area contributed by atoms with Crippen molar-refractivity contribution in [3.63, 3.8) is 0 Å². The average Bonchev–Trinajstić information content (AvgIpc) is 2.95. The molecule has 6 nitrogen and oxygen atoms in total. The van der Waals surface area contributed by atoms with Gasteiger partial charge in [0.2, 0.25) is 0 Å². The van der Waals surface area contributed by atoms with Gasteiger partial charge in [0.15, 0.2) is 16.7 Å². The maximum atomic E-state index is 12.2. The van der Waals surface area contributed by atoms with Crippen LogP contribution >= 0.6 is 11.8 Å². The second-order valence-electron chi connectivity index (χ2n) is 5.08. The minimum Gasteiger partial charge on any atom is -0.508 e. The highest BCUT2D eigenvalue weighted by Gasteiger charge is 2.24. The van der Waals surface area contributed by atoms with Crippen molar-refractivity contribution < 1.29 is 19.4 Å². The summed E-state index contributed by atoms with van der Waals surface area (Å²) < 4.78 is 10.7. The first-order valence-electron chi connectivity index (χ1n) is 7.40. The van der Waals surface area contributed by atoms with Crippen LogP contribution in [0.2, 0.25) is 0 Å². The van der Waals surface area contributed by atoms with Crippen LogP contribution in [0, 0.1) is 0 Å². The highest BCUT2D eigenvalue weighted by molar-refractivity contribution is 8.18. The highest BCUT2D eigenvalue weighted by Crippen LogP contribution is 2.35. The lowest BCUT2D eigenvalue weighted by molar-refractivity contribution is -0.115. The quantitative estimate of drug-likeness (QED) is 0.822. The van der Waals surface area contributed by atoms with Crippen molar-refractivity contribution in [3.8, 4) is 17.2 Å². The van der Waals surface area contributed by atoms with Crippen LogP contribution in [0.4, 0.5) is 5.69 Å². The van der Waals surface area contributed by atoms with Gasteiger partial charge in [-0.15, -0.1) is 0 Å². The van der Waals surface area contributed by atoms with Gasteiger partial charge in [-0.25, -0.2) is 4.99 Å². The molecule has 2 aromatic rings. The number of amides is 1. The molecule has 0 aromatic heterocycles. The van der Waals surface area contributed by atoms with Crippen LogP contribution in [0.5, 0.6) is 17.2 Å². The topological polar surface area (TPSA) is 80.2 Å². The third-order valence-corrected chi connectivity index (χ3v) is 4.36. The maximum absolute atomic E-state index is 12.2. The number of ether oxygens (including phenoxy) is 2. The Balaban J connectivity index is 1.88. The molecule has 1 amide bonds. The van der Waals surface area contributed by atoms with E-state index in [2.05, 4.69) is 10.3 Å². The molecule has 1 aliphatic heterocycles. The van der Waals surface area contributed by atoms with E-state index < -0.39 is 0 Å². The number of benzene rings is 2. The van der Waals surface area contributed by atoms with E-state index in [1.807, 2.05) is 12.1 Å². The molecule has 0 saturated carbocycles. The molecule has 0 aliphatic carbocycles. The largest absolute Gasteiger partial charge is 0.508 e. The molecule has 2 N–H and O–H groups in total. The number of nitrogens with zero attached hydrogens (tertiary/aromatic N) is 1. The minimum atomic E-state index is -0.229.